The SMILES string of the molecule is N#Cc1cc(NC(=O)N(Cc2ccc(C(=O)NCC(F)C(=O)O)cc2)c2ccc(C3CCCCC3)cc2)cc(C(F)(F)F)c1. The van der Waals surface area contributed by atoms with Crippen molar-refractivity contribution >= 4 is 29.3 Å². The predicted octanol–water partition coefficient (Wildman–Crippen LogP) is 7.02. The Labute approximate surface area is 251 Å². The third-order valence-corrected chi connectivity index (χ3v) is 7.43. The number of nitrogens with one attached hydrogen (secondary N) is 2. The van der Waals surface area contributed by atoms with Crippen LogP contribution >= 0.6 is 0 Å². The molecule has 3 aromatic carbocycles. The van der Waals surface area contributed by atoms with Crippen molar-refractivity contribution < 1.29 is 37.1 Å². The Morgan fingerprint density at radius 2 is 1.64 bits per heavy atom. The average Bonchev–Trinajstić information content (AvgIpc) is 3.02. The monoisotopic (exact) mass is 610 g/mol. The van der Waals surface area contributed by atoms with Gasteiger partial charge in [-0.25, -0.2) is 14.0 Å². The standard InChI is InChI=1S/C32H30F4N4O4/c33-28(30(42)43)18-38-29(41)24-8-6-20(7-9-24)19-40(27-12-10-23(11-13-27)22-4-2-1-3-5-22)31(44)39-26-15-21(17-37)14-25(16-26)32(34,35)36/h6-16,22,28H,1-5,18-19H2,(H,38,41)(H,39,44)(H,42,43). The van der Waals surface area contributed by atoms with Crippen LogP contribution < -0.4 is 15.5 Å². The number of hydrogen-bond donors (Lipinski definition) is 3. The van der Waals surface area contributed by atoms with E-state index in [1.807, 2.05) is 12.1 Å². The van der Waals surface area contributed by atoms with Gasteiger partial charge in [0.05, 0.1) is 30.3 Å². The number of benzene rings is 3. The quantitative estimate of drug-likeness (QED) is 0.225. The maximum absolute atomic E-state index is 13.5. The first-order valence-electron chi connectivity index (χ1n) is 14.0. The van der Waals surface area contributed by atoms with Crippen LogP contribution in [0.25, 0.3) is 0 Å². The maximum atomic E-state index is 13.5. The lowest BCUT2D eigenvalue weighted by Gasteiger charge is -2.26. The first kappa shape index (κ1) is 32.0. The molecule has 0 saturated heterocycles. The predicted molar refractivity (Wildman–Crippen MR) is 155 cm³/mol. The Morgan fingerprint density at radius 1 is 0.977 bits per heavy atom. The second kappa shape index (κ2) is 14.0. The van der Waals surface area contributed by atoms with Gasteiger partial charge in [0.2, 0.25) is 6.17 Å². The maximum Gasteiger partial charge on any atom is 0.416 e. The van der Waals surface area contributed by atoms with Gasteiger partial charge in [-0.1, -0.05) is 43.5 Å². The molecule has 12 heteroatoms. The van der Waals surface area contributed by atoms with Crippen LogP contribution in [0, 0.1) is 11.3 Å². The van der Waals surface area contributed by atoms with Crippen molar-refractivity contribution in [3.8, 4) is 6.07 Å². The van der Waals surface area contributed by atoms with E-state index in [0.29, 0.717) is 23.2 Å². The van der Waals surface area contributed by atoms with E-state index in [4.69, 9.17) is 5.11 Å². The zero-order valence-electron chi connectivity index (χ0n) is 23.5. The Morgan fingerprint density at radius 3 is 2.23 bits per heavy atom. The molecule has 3 amide bonds. The number of nitrogens with zero attached hydrogens (tertiary/aromatic N) is 2. The van der Waals surface area contributed by atoms with Crippen molar-refractivity contribution in [2.75, 3.05) is 16.8 Å². The van der Waals surface area contributed by atoms with Crippen LogP contribution in [-0.2, 0) is 17.5 Å². The molecule has 3 N–H and O–H groups in total. The van der Waals surface area contributed by atoms with Gasteiger partial charge in [-0.15, -0.1) is 0 Å². The van der Waals surface area contributed by atoms with Crippen LogP contribution in [0.15, 0.2) is 66.7 Å². The zero-order valence-corrected chi connectivity index (χ0v) is 23.5. The first-order valence-corrected chi connectivity index (χ1v) is 14.0. The summed E-state index contributed by atoms with van der Waals surface area (Å²) in [7, 11) is 0. The lowest BCUT2D eigenvalue weighted by Crippen LogP contribution is -2.35. The summed E-state index contributed by atoms with van der Waals surface area (Å²) in [6, 6.07) is 16.9. The highest BCUT2D eigenvalue weighted by Crippen LogP contribution is 2.34. The van der Waals surface area contributed by atoms with Crippen LogP contribution in [-0.4, -0.2) is 35.7 Å². The molecule has 1 fully saturated rings. The average molecular weight is 611 g/mol. The Balaban J connectivity index is 1.58. The van der Waals surface area contributed by atoms with Gasteiger partial charge >= 0.3 is 18.2 Å². The third kappa shape index (κ3) is 8.34. The lowest BCUT2D eigenvalue weighted by atomic mass is 9.84. The van der Waals surface area contributed by atoms with E-state index >= 15 is 0 Å². The van der Waals surface area contributed by atoms with Gasteiger partial charge in [0.1, 0.15) is 0 Å². The van der Waals surface area contributed by atoms with Crippen molar-refractivity contribution in [2.24, 2.45) is 0 Å². The van der Waals surface area contributed by atoms with E-state index in [1.165, 1.54) is 23.5 Å². The zero-order chi connectivity index (χ0) is 31.9. The fourth-order valence-electron chi connectivity index (χ4n) is 5.08. The fraction of sp³-hybridized carbons (Fsp3) is 0.312. The van der Waals surface area contributed by atoms with Gasteiger partial charge in [-0.05, 0) is 72.4 Å². The molecule has 0 aliphatic heterocycles. The highest BCUT2D eigenvalue weighted by Gasteiger charge is 2.31. The van der Waals surface area contributed by atoms with Crippen LogP contribution in [0.2, 0.25) is 0 Å². The van der Waals surface area contributed by atoms with Gasteiger partial charge in [-0.3, -0.25) is 9.69 Å². The molecule has 0 bridgehead atoms. The normalized spacial score (nSPS) is 14.2. The van der Waals surface area contributed by atoms with Crippen molar-refractivity contribution in [3.63, 3.8) is 0 Å². The van der Waals surface area contributed by atoms with Crippen molar-refractivity contribution in [3.05, 3.63) is 94.5 Å². The third-order valence-electron chi connectivity index (χ3n) is 7.43. The number of halogens is 4. The molecular weight excluding hydrogens is 580 g/mol. The van der Waals surface area contributed by atoms with Crippen LogP contribution in [0.4, 0.5) is 33.7 Å². The summed E-state index contributed by atoms with van der Waals surface area (Å²) in [5.74, 6) is -1.97. The summed E-state index contributed by atoms with van der Waals surface area (Å²) in [6.07, 6.45) is -1.35. The Kier molecular flexibility index (Phi) is 10.2. The van der Waals surface area contributed by atoms with Crippen molar-refractivity contribution in [2.45, 2.75) is 56.9 Å². The minimum atomic E-state index is -4.73. The number of carbonyl (C=O) groups excluding carboxylic acids is 2. The first-order chi connectivity index (χ1) is 20.9. The summed E-state index contributed by atoms with van der Waals surface area (Å²) in [5, 5.41) is 22.6. The highest BCUT2D eigenvalue weighted by atomic mass is 19.4. The van der Waals surface area contributed by atoms with E-state index in [-0.39, 0.29) is 23.4 Å². The summed E-state index contributed by atoms with van der Waals surface area (Å²) >= 11 is 0. The molecule has 1 unspecified atom stereocenters. The number of carboxylic acid groups (broad SMARTS) is 1. The summed E-state index contributed by atoms with van der Waals surface area (Å²) in [4.78, 5) is 37.8. The topological polar surface area (TPSA) is 123 Å². The van der Waals surface area contributed by atoms with E-state index in [1.54, 1.807) is 30.3 Å². The molecular formula is C32H30F4N4O4. The second-order valence-corrected chi connectivity index (χ2v) is 10.6. The van der Waals surface area contributed by atoms with E-state index < -0.39 is 42.4 Å². The minimum Gasteiger partial charge on any atom is -0.479 e. The van der Waals surface area contributed by atoms with Crippen molar-refractivity contribution in [1.82, 2.24) is 5.32 Å². The molecule has 0 radical (unpaired) electrons. The summed E-state index contributed by atoms with van der Waals surface area (Å²) in [5.41, 5.74) is 0.750. The molecule has 4 rings (SSSR count). The molecule has 1 saturated carbocycles. The summed E-state index contributed by atoms with van der Waals surface area (Å²) in [6.45, 7) is -0.740. The molecule has 1 aliphatic carbocycles. The summed E-state index contributed by atoms with van der Waals surface area (Å²) < 4.78 is 53.6. The smallest absolute Gasteiger partial charge is 0.416 e. The number of nitriles is 1. The van der Waals surface area contributed by atoms with Gasteiger partial charge < -0.3 is 15.7 Å². The second-order valence-electron chi connectivity index (χ2n) is 10.6. The Bertz CT molecular complexity index is 1530. The molecule has 0 aromatic heterocycles. The molecule has 44 heavy (non-hydrogen) atoms. The minimum absolute atomic E-state index is 0.0356. The lowest BCUT2D eigenvalue weighted by molar-refractivity contribution is -0.142. The number of rotatable bonds is 9. The van der Waals surface area contributed by atoms with E-state index in [2.05, 4.69) is 10.6 Å². The van der Waals surface area contributed by atoms with Crippen LogP contribution in [0.3, 0.4) is 0 Å². The molecule has 0 spiro atoms. The molecule has 3 aromatic rings. The van der Waals surface area contributed by atoms with Gasteiger partial charge in [0.15, 0.2) is 0 Å². The Hall–Kier alpha value is -4.92. The molecule has 8 nitrogen and oxygen atoms in total. The van der Waals surface area contributed by atoms with Gasteiger partial charge in [0.25, 0.3) is 5.91 Å². The number of anilines is 2. The number of alkyl halides is 4. The van der Waals surface area contributed by atoms with E-state index in [9.17, 15) is 37.2 Å². The number of hydrogen-bond acceptors (Lipinski definition) is 4. The highest BCUT2D eigenvalue weighted by molar-refractivity contribution is 6.02. The molecule has 1 atom stereocenters. The molecule has 230 valence electrons. The largest absolute Gasteiger partial charge is 0.479 e. The van der Waals surface area contributed by atoms with Gasteiger partial charge in [-0.2, -0.15) is 18.4 Å². The van der Waals surface area contributed by atoms with E-state index in [0.717, 1.165) is 43.4 Å². The van der Waals surface area contributed by atoms with Crippen LogP contribution in [0.1, 0.15) is 70.6 Å². The van der Waals surface area contributed by atoms with Crippen molar-refractivity contribution in [1.29, 1.82) is 5.26 Å². The number of amides is 3. The number of urea groups is 1. The van der Waals surface area contributed by atoms with Crippen LogP contribution in [0.5, 0.6) is 0 Å². The number of aliphatic carboxylic acids is 1. The van der Waals surface area contributed by atoms with Gasteiger partial charge in [0, 0.05) is 16.9 Å². The molecule has 1 aliphatic rings. The fourth-order valence-corrected chi connectivity index (χ4v) is 5.08. The molecule has 0 heterocycles. The number of carbonyl (C=O) groups is 3. The number of carboxylic acids is 1.